The Bertz CT molecular complexity index is 579. The number of nitrogens with two attached hydrogens (primary N) is 2. The van der Waals surface area contributed by atoms with Gasteiger partial charge < -0.3 is 16.2 Å². The molecule has 19 heavy (non-hydrogen) atoms. The van der Waals surface area contributed by atoms with Crippen LogP contribution in [0.2, 0.25) is 0 Å². The number of rotatable bonds is 2. The second kappa shape index (κ2) is 5.01. The predicted molar refractivity (Wildman–Crippen MR) is 74.8 cm³/mol. The Morgan fingerprint density at radius 2 is 1.79 bits per heavy atom. The number of hydrogen-bond acceptors (Lipinski definition) is 5. The molecule has 100 valence electrons. The monoisotopic (exact) mass is 258 g/mol. The smallest absolute Gasteiger partial charge is 0.149 e. The third-order valence-electron chi connectivity index (χ3n) is 3.57. The maximum atomic E-state index is 6.06. The van der Waals surface area contributed by atoms with E-state index >= 15 is 0 Å². The molecule has 0 bridgehead atoms. The van der Waals surface area contributed by atoms with Crippen LogP contribution in [-0.4, -0.2) is 22.1 Å². The lowest BCUT2D eigenvalue weighted by atomic mass is 9.94. The molecule has 0 saturated heterocycles. The summed E-state index contributed by atoms with van der Waals surface area (Å²) in [6, 6.07) is 3.95. The van der Waals surface area contributed by atoms with E-state index in [1.165, 1.54) is 0 Å². The Balaban J connectivity index is 1.88. The summed E-state index contributed by atoms with van der Waals surface area (Å²) in [7, 11) is 0. The Labute approximate surface area is 112 Å². The van der Waals surface area contributed by atoms with E-state index < -0.39 is 0 Å². The van der Waals surface area contributed by atoms with E-state index in [1.807, 2.05) is 12.1 Å². The van der Waals surface area contributed by atoms with Crippen molar-refractivity contribution in [1.82, 2.24) is 9.97 Å². The lowest BCUT2D eigenvalue weighted by Crippen LogP contribution is -2.31. The van der Waals surface area contributed by atoms with Crippen molar-refractivity contribution in [3.63, 3.8) is 0 Å². The fraction of sp³-hybridized carbons (Fsp3) is 0.429. The van der Waals surface area contributed by atoms with E-state index in [2.05, 4.69) is 9.97 Å². The summed E-state index contributed by atoms with van der Waals surface area (Å²) in [5, 5.41) is 0. The zero-order chi connectivity index (χ0) is 13.2. The van der Waals surface area contributed by atoms with Crippen LogP contribution in [0.3, 0.4) is 0 Å². The van der Waals surface area contributed by atoms with Crippen molar-refractivity contribution in [1.29, 1.82) is 0 Å². The number of fused-ring (bicyclic) bond motifs is 1. The van der Waals surface area contributed by atoms with Crippen LogP contribution in [0, 0.1) is 0 Å². The summed E-state index contributed by atoms with van der Waals surface area (Å²) < 4.78 is 6.06. The van der Waals surface area contributed by atoms with Crippen molar-refractivity contribution in [2.24, 2.45) is 5.73 Å². The molecule has 0 amide bonds. The van der Waals surface area contributed by atoms with Crippen molar-refractivity contribution in [2.75, 3.05) is 5.73 Å². The third kappa shape index (κ3) is 2.61. The number of ether oxygens (including phenoxy) is 1. The number of benzene rings is 1. The van der Waals surface area contributed by atoms with Crippen LogP contribution >= 0.6 is 0 Å². The molecule has 5 heteroatoms. The molecule has 5 nitrogen and oxygen atoms in total. The van der Waals surface area contributed by atoms with Gasteiger partial charge in [0.15, 0.2) is 0 Å². The topological polar surface area (TPSA) is 87.0 Å². The molecule has 4 N–H and O–H groups in total. The van der Waals surface area contributed by atoms with Crippen LogP contribution in [0.25, 0.3) is 11.0 Å². The predicted octanol–water partition coefficient (Wildman–Crippen LogP) is 1.86. The second-order valence-corrected chi connectivity index (χ2v) is 5.10. The quantitative estimate of drug-likeness (QED) is 0.803. The first-order chi connectivity index (χ1) is 9.22. The minimum atomic E-state index is 0.201. The van der Waals surface area contributed by atoms with Crippen LogP contribution in [0.15, 0.2) is 24.5 Å². The summed E-state index contributed by atoms with van der Waals surface area (Å²) in [6.45, 7) is 0. The molecule has 0 atom stereocenters. The molecule has 0 radical (unpaired) electrons. The van der Waals surface area contributed by atoms with E-state index in [0.29, 0.717) is 11.7 Å². The highest BCUT2D eigenvalue weighted by atomic mass is 16.5. The van der Waals surface area contributed by atoms with Gasteiger partial charge in [0.2, 0.25) is 0 Å². The first kappa shape index (κ1) is 12.2. The average molecular weight is 258 g/mol. The lowest BCUT2D eigenvalue weighted by Gasteiger charge is -2.27. The molecule has 3 rings (SSSR count). The Morgan fingerprint density at radius 3 is 2.58 bits per heavy atom. The molecule has 0 spiro atoms. The maximum Gasteiger partial charge on any atom is 0.149 e. The molecule has 1 aliphatic rings. The van der Waals surface area contributed by atoms with Gasteiger partial charge in [-0.2, -0.15) is 0 Å². The van der Waals surface area contributed by atoms with Crippen LogP contribution < -0.4 is 16.2 Å². The highest BCUT2D eigenvalue weighted by molar-refractivity contribution is 5.84. The minimum Gasteiger partial charge on any atom is -0.488 e. The van der Waals surface area contributed by atoms with Gasteiger partial charge in [0.1, 0.15) is 11.3 Å². The van der Waals surface area contributed by atoms with Gasteiger partial charge in [-0.15, -0.1) is 0 Å². The van der Waals surface area contributed by atoms with E-state index in [9.17, 15) is 0 Å². The van der Waals surface area contributed by atoms with Crippen molar-refractivity contribution < 1.29 is 4.74 Å². The summed E-state index contributed by atoms with van der Waals surface area (Å²) in [5.41, 5.74) is 14.0. The Kier molecular flexibility index (Phi) is 3.21. The van der Waals surface area contributed by atoms with Crippen LogP contribution in [-0.2, 0) is 0 Å². The largest absolute Gasteiger partial charge is 0.488 e. The molecular weight excluding hydrogens is 240 g/mol. The molecule has 0 aliphatic heterocycles. The number of nitrogens with zero attached hydrogens (tertiary/aromatic N) is 2. The highest BCUT2D eigenvalue weighted by Crippen LogP contribution is 2.29. The summed E-state index contributed by atoms with van der Waals surface area (Å²) in [5.74, 6) is 0.726. The molecular formula is C14H18N4O. The van der Waals surface area contributed by atoms with Gasteiger partial charge in [0.05, 0.1) is 11.6 Å². The van der Waals surface area contributed by atoms with Crippen molar-refractivity contribution >= 4 is 16.7 Å². The highest BCUT2D eigenvalue weighted by Gasteiger charge is 2.21. The molecule has 1 aromatic heterocycles. The zero-order valence-electron chi connectivity index (χ0n) is 10.7. The first-order valence-electron chi connectivity index (χ1n) is 6.65. The van der Waals surface area contributed by atoms with Crippen LogP contribution in [0.5, 0.6) is 5.75 Å². The van der Waals surface area contributed by atoms with Crippen molar-refractivity contribution in [3.05, 3.63) is 24.5 Å². The van der Waals surface area contributed by atoms with Crippen LogP contribution in [0.4, 0.5) is 5.69 Å². The minimum absolute atomic E-state index is 0.201. The van der Waals surface area contributed by atoms with Crippen LogP contribution in [0.1, 0.15) is 25.7 Å². The van der Waals surface area contributed by atoms with Gasteiger partial charge in [-0.3, -0.25) is 4.98 Å². The number of anilines is 1. The zero-order valence-corrected chi connectivity index (χ0v) is 10.7. The van der Waals surface area contributed by atoms with Crippen molar-refractivity contribution in [2.45, 2.75) is 37.8 Å². The first-order valence-corrected chi connectivity index (χ1v) is 6.65. The van der Waals surface area contributed by atoms with Gasteiger partial charge in [0, 0.05) is 30.2 Å². The number of aromatic nitrogens is 2. The molecule has 1 aliphatic carbocycles. The van der Waals surface area contributed by atoms with E-state index in [-0.39, 0.29) is 6.10 Å². The maximum absolute atomic E-state index is 6.06. The molecule has 0 unspecified atom stereocenters. The van der Waals surface area contributed by atoms with E-state index in [0.717, 1.165) is 42.5 Å². The molecule has 1 aromatic carbocycles. The molecule has 1 fully saturated rings. The standard InChI is InChI=1S/C14H18N4O/c15-9-1-3-11(4-2-9)19-13-8-10(16)7-12-14(13)18-6-5-17-12/h5-9,11H,1-4,15-16H2. The van der Waals surface area contributed by atoms with E-state index in [1.54, 1.807) is 12.4 Å². The average Bonchev–Trinajstić information content (AvgIpc) is 2.41. The van der Waals surface area contributed by atoms with E-state index in [4.69, 9.17) is 16.2 Å². The summed E-state index contributed by atoms with van der Waals surface area (Å²) in [4.78, 5) is 8.60. The van der Waals surface area contributed by atoms with Crippen molar-refractivity contribution in [3.8, 4) is 5.75 Å². The third-order valence-corrected chi connectivity index (χ3v) is 3.57. The Morgan fingerprint density at radius 1 is 1.05 bits per heavy atom. The van der Waals surface area contributed by atoms with Gasteiger partial charge >= 0.3 is 0 Å². The fourth-order valence-corrected chi connectivity index (χ4v) is 2.54. The van der Waals surface area contributed by atoms with Gasteiger partial charge in [-0.05, 0) is 31.7 Å². The number of hydrogen-bond donors (Lipinski definition) is 2. The normalized spacial score (nSPS) is 23.4. The SMILES string of the molecule is Nc1cc(OC2CCC(N)CC2)c2nccnc2c1. The van der Waals surface area contributed by atoms with Gasteiger partial charge in [-0.1, -0.05) is 0 Å². The van der Waals surface area contributed by atoms with Gasteiger partial charge in [0.25, 0.3) is 0 Å². The fourth-order valence-electron chi connectivity index (χ4n) is 2.54. The van der Waals surface area contributed by atoms with Gasteiger partial charge in [-0.25, -0.2) is 4.98 Å². The molecule has 1 heterocycles. The summed E-state index contributed by atoms with van der Waals surface area (Å²) in [6.07, 6.45) is 7.52. The molecule has 1 saturated carbocycles. The lowest BCUT2D eigenvalue weighted by molar-refractivity contribution is 0.149. The number of nitrogen functional groups attached to an aromatic ring is 1. The Hall–Kier alpha value is -1.88. The summed E-state index contributed by atoms with van der Waals surface area (Å²) >= 11 is 0. The molecule has 2 aromatic rings. The second-order valence-electron chi connectivity index (χ2n) is 5.10.